The van der Waals surface area contributed by atoms with E-state index in [-0.39, 0.29) is 11.8 Å². The Kier molecular flexibility index (Phi) is 2.72. The van der Waals surface area contributed by atoms with Crippen LogP contribution in [0, 0.1) is 0 Å². The van der Waals surface area contributed by atoms with Crippen molar-refractivity contribution in [3.05, 3.63) is 71.8 Å². The third kappa shape index (κ3) is 1.95. The first-order valence-electron chi connectivity index (χ1n) is 5.98. The molecule has 1 aliphatic heterocycles. The average Bonchev–Trinajstić information content (AvgIpc) is 2.75. The molecule has 2 aromatic rings. The highest BCUT2D eigenvalue weighted by molar-refractivity contribution is 6.49. The number of nitrogens with one attached hydrogen (secondary N) is 1. The Morgan fingerprint density at radius 1 is 0.579 bits per heavy atom. The van der Waals surface area contributed by atoms with Crippen molar-refractivity contribution in [2.75, 3.05) is 0 Å². The molecule has 0 aliphatic carbocycles. The summed E-state index contributed by atoms with van der Waals surface area (Å²) >= 11 is 0. The Morgan fingerprint density at radius 3 is 1.32 bits per heavy atom. The van der Waals surface area contributed by atoms with E-state index >= 15 is 0 Å². The smallest absolute Gasteiger partial charge is 0.259 e. The fraction of sp³-hybridized carbons (Fsp3) is 0. The molecule has 3 heteroatoms. The van der Waals surface area contributed by atoms with Gasteiger partial charge in [0.1, 0.15) is 0 Å². The van der Waals surface area contributed by atoms with Gasteiger partial charge >= 0.3 is 0 Å². The Labute approximate surface area is 110 Å². The summed E-state index contributed by atoms with van der Waals surface area (Å²) in [6.07, 6.45) is 0. The second-order valence-corrected chi connectivity index (χ2v) is 4.27. The van der Waals surface area contributed by atoms with Gasteiger partial charge in [-0.1, -0.05) is 60.7 Å². The Hall–Kier alpha value is -2.68. The van der Waals surface area contributed by atoms with E-state index in [1.54, 1.807) is 0 Å². The minimum atomic E-state index is -0.338. The summed E-state index contributed by atoms with van der Waals surface area (Å²) in [6.45, 7) is 0. The van der Waals surface area contributed by atoms with E-state index in [4.69, 9.17) is 0 Å². The number of carbonyl (C=O) groups is 2. The highest BCUT2D eigenvalue weighted by atomic mass is 16.2. The van der Waals surface area contributed by atoms with Crippen LogP contribution >= 0.6 is 0 Å². The van der Waals surface area contributed by atoms with E-state index in [2.05, 4.69) is 5.32 Å². The Bertz CT molecular complexity index is 613. The SMILES string of the molecule is O=C1NC(=O)C(c2ccccc2)=C1c1ccccc1. The van der Waals surface area contributed by atoms with Crippen LogP contribution in [0.5, 0.6) is 0 Å². The van der Waals surface area contributed by atoms with Gasteiger partial charge in [-0.3, -0.25) is 14.9 Å². The van der Waals surface area contributed by atoms with Gasteiger partial charge in [0.15, 0.2) is 0 Å². The van der Waals surface area contributed by atoms with Gasteiger partial charge in [0, 0.05) is 0 Å². The molecule has 19 heavy (non-hydrogen) atoms. The maximum Gasteiger partial charge on any atom is 0.259 e. The lowest BCUT2D eigenvalue weighted by Crippen LogP contribution is -2.22. The zero-order valence-electron chi connectivity index (χ0n) is 10.1. The summed E-state index contributed by atoms with van der Waals surface area (Å²) < 4.78 is 0. The van der Waals surface area contributed by atoms with Crippen molar-refractivity contribution in [2.24, 2.45) is 0 Å². The molecule has 0 spiro atoms. The quantitative estimate of drug-likeness (QED) is 0.830. The molecule has 1 heterocycles. The van der Waals surface area contributed by atoms with Crippen molar-refractivity contribution >= 4 is 23.0 Å². The summed E-state index contributed by atoms with van der Waals surface area (Å²) in [4.78, 5) is 24.0. The summed E-state index contributed by atoms with van der Waals surface area (Å²) in [5.41, 5.74) is 2.39. The molecule has 92 valence electrons. The topological polar surface area (TPSA) is 46.2 Å². The van der Waals surface area contributed by atoms with E-state index < -0.39 is 0 Å². The van der Waals surface area contributed by atoms with Crippen LogP contribution in [0.1, 0.15) is 11.1 Å². The minimum absolute atomic E-state index is 0.338. The zero-order valence-corrected chi connectivity index (χ0v) is 10.1. The molecule has 0 bridgehead atoms. The number of amides is 2. The largest absolute Gasteiger partial charge is 0.288 e. The van der Waals surface area contributed by atoms with Crippen LogP contribution in [0.3, 0.4) is 0 Å². The minimum Gasteiger partial charge on any atom is -0.288 e. The van der Waals surface area contributed by atoms with Gasteiger partial charge in [-0.2, -0.15) is 0 Å². The molecule has 0 unspecified atom stereocenters. The van der Waals surface area contributed by atoms with Gasteiger partial charge in [-0.05, 0) is 11.1 Å². The fourth-order valence-electron chi connectivity index (χ4n) is 2.22. The number of carbonyl (C=O) groups excluding carboxylic acids is 2. The van der Waals surface area contributed by atoms with E-state index in [9.17, 15) is 9.59 Å². The van der Waals surface area contributed by atoms with Crippen LogP contribution in [0.4, 0.5) is 0 Å². The van der Waals surface area contributed by atoms with Crippen LogP contribution in [0.2, 0.25) is 0 Å². The van der Waals surface area contributed by atoms with Crippen LogP contribution in [-0.2, 0) is 9.59 Å². The molecule has 0 aromatic heterocycles. The van der Waals surface area contributed by atoms with Crippen molar-refractivity contribution in [3.63, 3.8) is 0 Å². The molecule has 0 saturated heterocycles. The standard InChI is InChI=1S/C16H11NO2/c18-15-13(11-7-3-1-4-8-11)14(16(19)17-15)12-9-5-2-6-10-12/h1-10H,(H,17,18,19). The highest BCUT2D eigenvalue weighted by Gasteiger charge is 2.31. The maximum absolute atomic E-state index is 12.0. The second-order valence-electron chi connectivity index (χ2n) is 4.27. The second kappa shape index (κ2) is 4.53. The number of rotatable bonds is 2. The lowest BCUT2D eigenvalue weighted by Gasteiger charge is -2.04. The van der Waals surface area contributed by atoms with E-state index in [1.807, 2.05) is 60.7 Å². The van der Waals surface area contributed by atoms with Crippen molar-refractivity contribution in [3.8, 4) is 0 Å². The first-order valence-corrected chi connectivity index (χ1v) is 5.98. The van der Waals surface area contributed by atoms with Crippen LogP contribution in [0.25, 0.3) is 11.1 Å². The predicted molar refractivity (Wildman–Crippen MR) is 72.8 cm³/mol. The summed E-state index contributed by atoms with van der Waals surface area (Å²) in [5, 5.41) is 2.36. The van der Waals surface area contributed by atoms with Gasteiger partial charge in [-0.25, -0.2) is 0 Å². The third-order valence-corrected chi connectivity index (χ3v) is 3.06. The number of hydrogen-bond acceptors (Lipinski definition) is 2. The molecule has 0 atom stereocenters. The molecule has 2 amide bonds. The predicted octanol–water partition coefficient (Wildman–Crippen LogP) is 2.25. The van der Waals surface area contributed by atoms with Gasteiger partial charge in [-0.15, -0.1) is 0 Å². The number of imide groups is 1. The number of benzene rings is 2. The van der Waals surface area contributed by atoms with Gasteiger partial charge in [0.25, 0.3) is 11.8 Å². The molecule has 3 rings (SSSR count). The molecule has 1 aliphatic rings. The van der Waals surface area contributed by atoms with Crippen molar-refractivity contribution in [1.82, 2.24) is 5.32 Å². The summed E-state index contributed by atoms with van der Waals surface area (Å²) in [6, 6.07) is 18.5. The molecule has 2 aromatic carbocycles. The Morgan fingerprint density at radius 2 is 0.947 bits per heavy atom. The summed E-state index contributed by atoms with van der Waals surface area (Å²) in [5.74, 6) is -0.676. The van der Waals surface area contributed by atoms with Gasteiger partial charge in [0.2, 0.25) is 0 Å². The molecule has 3 nitrogen and oxygen atoms in total. The first-order chi connectivity index (χ1) is 9.27. The van der Waals surface area contributed by atoms with Crippen molar-refractivity contribution in [1.29, 1.82) is 0 Å². The maximum atomic E-state index is 12.0. The van der Waals surface area contributed by atoms with Crippen molar-refractivity contribution in [2.45, 2.75) is 0 Å². The monoisotopic (exact) mass is 249 g/mol. The summed E-state index contributed by atoms with van der Waals surface area (Å²) in [7, 11) is 0. The molecular weight excluding hydrogens is 238 g/mol. The highest BCUT2D eigenvalue weighted by Crippen LogP contribution is 2.30. The van der Waals surface area contributed by atoms with Crippen LogP contribution in [0.15, 0.2) is 60.7 Å². The van der Waals surface area contributed by atoms with E-state index in [0.717, 1.165) is 11.1 Å². The molecule has 0 fully saturated rings. The first kappa shape index (κ1) is 11.4. The van der Waals surface area contributed by atoms with Crippen LogP contribution < -0.4 is 5.32 Å². The van der Waals surface area contributed by atoms with Crippen molar-refractivity contribution < 1.29 is 9.59 Å². The zero-order chi connectivity index (χ0) is 13.2. The molecule has 0 radical (unpaired) electrons. The number of hydrogen-bond donors (Lipinski definition) is 1. The Balaban J connectivity index is 2.24. The van der Waals surface area contributed by atoms with Crippen LogP contribution in [-0.4, -0.2) is 11.8 Å². The fourth-order valence-corrected chi connectivity index (χ4v) is 2.22. The normalized spacial score (nSPS) is 14.7. The lowest BCUT2D eigenvalue weighted by molar-refractivity contribution is -0.122. The van der Waals surface area contributed by atoms with E-state index in [0.29, 0.717) is 11.1 Å². The molecular formula is C16H11NO2. The molecule has 0 saturated carbocycles. The van der Waals surface area contributed by atoms with Gasteiger partial charge < -0.3 is 0 Å². The van der Waals surface area contributed by atoms with Gasteiger partial charge in [0.05, 0.1) is 11.1 Å². The molecule has 1 N–H and O–H groups in total. The third-order valence-electron chi connectivity index (χ3n) is 3.06. The average molecular weight is 249 g/mol. The lowest BCUT2D eigenvalue weighted by atomic mass is 9.96. The van der Waals surface area contributed by atoms with E-state index in [1.165, 1.54) is 0 Å².